The van der Waals surface area contributed by atoms with Crippen LogP contribution in [0.25, 0.3) is 0 Å². The van der Waals surface area contributed by atoms with Crippen molar-refractivity contribution in [3.05, 3.63) is 18.0 Å². The molecule has 0 saturated carbocycles. The quantitative estimate of drug-likeness (QED) is 0.730. The molecule has 1 heterocycles. The van der Waals surface area contributed by atoms with E-state index >= 15 is 0 Å². The second-order valence-corrected chi connectivity index (χ2v) is 4.45. The number of hydrogen-bond donors (Lipinski definition) is 2. The van der Waals surface area contributed by atoms with Crippen molar-refractivity contribution in [3.63, 3.8) is 0 Å². The molecule has 0 aliphatic rings. The van der Waals surface area contributed by atoms with Gasteiger partial charge in [0.15, 0.2) is 0 Å². The Morgan fingerprint density at radius 2 is 2.00 bits per heavy atom. The van der Waals surface area contributed by atoms with E-state index in [0.29, 0.717) is 12.6 Å². The van der Waals surface area contributed by atoms with Crippen molar-refractivity contribution in [1.82, 2.24) is 15.1 Å². The molecule has 1 aromatic heterocycles. The van der Waals surface area contributed by atoms with Gasteiger partial charge in [0.05, 0.1) is 17.8 Å². The molecule has 0 spiro atoms. The number of nitrogens with one attached hydrogen (secondary N) is 1. The van der Waals surface area contributed by atoms with Gasteiger partial charge >= 0.3 is 0 Å². The second-order valence-electron chi connectivity index (χ2n) is 4.45. The van der Waals surface area contributed by atoms with E-state index in [2.05, 4.69) is 24.3 Å². The topological polar surface area (TPSA) is 50.1 Å². The van der Waals surface area contributed by atoms with Gasteiger partial charge in [0, 0.05) is 19.3 Å². The maximum absolute atomic E-state index is 9.42. The molecule has 0 amide bonds. The Morgan fingerprint density at radius 1 is 1.29 bits per heavy atom. The molecule has 0 bridgehead atoms. The van der Waals surface area contributed by atoms with E-state index in [-0.39, 0.29) is 6.10 Å². The summed E-state index contributed by atoms with van der Waals surface area (Å²) >= 11 is 0. The summed E-state index contributed by atoms with van der Waals surface area (Å²) in [7, 11) is 0. The van der Waals surface area contributed by atoms with E-state index in [1.165, 1.54) is 0 Å². The molecule has 1 atom stereocenters. The number of rotatable bonds is 8. The van der Waals surface area contributed by atoms with Gasteiger partial charge < -0.3 is 10.4 Å². The van der Waals surface area contributed by atoms with Crippen LogP contribution in [0, 0.1) is 0 Å². The Morgan fingerprint density at radius 3 is 2.59 bits per heavy atom. The van der Waals surface area contributed by atoms with Crippen LogP contribution in [0.2, 0.25) is 0 Å². The summed E-state index contributed by atoms with van der Waals surface area (Å²) < 4.78 is 2.05. The minimum Gasteiger partial charge on any atom is -0.392 e. The Hall–Kier alpha value is -0.870. The van der Waals surface area contributed by atoms with Gasteiger partial charge in [-0.05, 0) is 25.3 Å². The van der Waals surface area contributed by atoms with Crippen molar-refractivity contribution in [3.8, 4) is 0 Å². The van der Waals surface area contributed by atoms with Crippen molar-refractivity contribution in [2.75, 3.05) is 6.54 Å². The minimum atomic E-state index is -0.254. The molecule has 17 heavy (non-hydrogen) atoms. The van der Waals surface area contributed by atoms with Crippen molar-refractivity contribution < 1.29 is 5.11 Å². The van der Waals surface area contributed by atoms with Crippen molar-refractivity contribution in [2.45, 2.75) is 58.7 Å². The lowest BCUT2D eigenvalue weighted by Crippen LogP contribution is -2.26. The monoisotopic (exact) mass is 239 g/mol. The highest BCUT2D eigenvalue weighted by Crippen LogP contribution is 2.14. The summed E-state index contributed by atoms with van der Waals surface area (Å²) in [5.74, 6) is 0. The van der Waals surface area contributed by atoms with Crippen LogP contribution < -0.4 is 5.32 Å². The molecule has 1 rings (SSSR count). The van der Waals surface area contributed by atoms with Crippen molar-refractivity contribution >= 4 is 0 Å². The molecule has 0 radical (unpaired) electrons. The zero-order valence-corrected chi connectivity index (χ0v) is 11.2. The normalized spacial score (nSPS) is 13.2. The average Bonchev–Trinajstić information content (AvgIpc) is 2.79. The highest BCUT2D eigenvalue weighted by molar-refractivity contribution is 4.99. The van der Waals surface area contributed by atoms with Gasteiger partial charge in [-0.15, -0.1) is 0 Å². The molecule has 0 aromatic carbocycles. The highest BCUT2D eigenvalue weighted by Gasteiger charge is 2.07. The van der Waals surface area contributed by atoms with E-state index in [9.17, 15) is 5.11 Å². The Bertz CT molecular complexity index is 307. The molecular formula is C13H25N3O. The standard InChI is InChI=1S/C13H25N3O/c1-4-12(5-2)16-8-7-11(15-16)9-14-10-13(17)6-3/h7-8,12-14,17H,4-6,9-10H2,1-3H3. The number of hydrogen-bond acceptors (Lipinski definition) is 3. The van der Waals surface area contributed by atoms with Crippen molar-refractivity contribution in [1.29, 1.82) is 0 Å². The highest BCUT2D eigenvalue weighted by atomic mass is 16.3. The average molecular weight is 239 g/mol. The van der Waals surface area contributed by atoms with Crippen LogP contribution in [0.5, 0.6) is 0 Å². The lowest BCUT2D eigenvalue weighted by atomic mass is 10.2. The molecule has 0 aliphatic carbocycles. The Balaban J connectivity index is 2.40. The summed E-state index contributed by atoms with van der Waals surface area (Å²) in [4.78, 5) is 0. The van der Waals surface area contributed by atoms with E-state index < -0.39 is 0 Å². The van der Waals surface area contributed by atoms with Gasteiger partial charge in [0.2, 0.25) is 0 Å². The molecular weight excluding hydrogens is 214 g/mol. The Kier molecular flexibility index (Phi) is 6.22. The fourth-order valence-electron chi connectivity index (χ4n) is 1.85. The fraction of sp³-hybridized carbons (Fsp3) is 0.769. The summed E-state index contributed by atoms with van der Waals surface area (Å²) in [6, 6.07) is 2.55. The van der Waals surface area contributed by atoms with Gasteiger partial charge in [-0.2, -0.15) is 5.10 Å². The summed E-state index contributed by atoms with van der Waals surface area (Å²) in [5, 5.41) is 17.2. The maximum Gasteiger partial charge on any atom is 0.0762 e. The predicted molar refractivity (Wildman–Crippen MR) is 69.9 cm³/mol. The summed E-state index contributed by atoms with van der Waals surface area (Å²) in [6.45, 7) is 7.71. The van der Waals surface area contributed by atoms with Crippen LogP contribution >= 0.6 is 0 Å². The largest absolute Gasteiger partial charge is 0.392 e. The number of nitrogens with zero attached hydrogens (tertiary/aromatic N) is 2. The van der Waals surface area contributed by atoms with Crippen LogP contribution in [0.4, 0.5) is 0 Å². The molecule has 4 heteroatoms. The molecule has 4 nitrogen and oxygen atoms in total. The minimum absolute atomic E-state index is 0.254. The predicted octanol–water partition coefficient (Wildman–Crippen LogP) is 2.10. The molecule has 2 N–H and O–H groups in total. The third-order valence-electron chi connectivity index (χ3n) is 3.14. The zero-order chi connectivity index (χ0) is 12.7. The molecule has 1 aromatic rings. The second kappa shape index (κ2) is 7.45. The van der Waals surface area contributed by atoms with Crippen molar-refractivity contribution in [2.24, 2.45) is 0 Å². The molecule has 1 unspecified atom stereocenters. The first-order valence-electron chi connectivity index (χ1n) is 6.64. The SMILES string of the molecule is CCC(O)CNCc1ccn(C(CC)CC)n1. The van der Waals surface area contributed by atoms with Gasteiger partial charge in [-0.25, -0.2) is 0 Å². The molecule has 0 fully saturated rings. The van der Waals surface area contributed by atoms with E-state index in [4.69, 9.17) is 0 Å². The van der Waals surface area contributed by atoms with Crippen LogP contribution in [-0.4, -0.2) is 27.5 Å². The number of aliphatic hydroxyl groups is 1. The van der Waals surface area contributed by atoms with Crippen LogP contribution in [0.15, 0.2) is 12.3 Å². The summed E-state index contributed by atoms with van der Waals surface area (Å²) in [6.07, 6.45) is 4.80. The third kappa shape index (κ3) is 4.48. The van der Waals surface area contributed by atoms with E-state index in [1.807, 2.05) is 23.9 Å². The van der Waals surface area contributed by atoms with E-state index in [0.717, 1.165) is 31.5 Å². The van der Waals surface area contributed by atoms with E-state index in [1.54, 1.807) is 0 Å². The van der Waals surface area contributed by atoms with Crippen LogP contribution in [-0.2, 0) is 6.54 Å². The van der Waals surface area contributed by atoms with Crippen LogP contribution in [0.3, 0.4) is 0 Å². The third-order valence-corrected chi connectivity index (χ3v) is 3.14. The lowest BCUT2D eigenvalue weighted by Gasteiger charge is -2.12. The van der Waals surface area contributed by atoms with Gasteiger partial charge in [-0.1, -0.05) is 20.8 Å². The number of aromatic nitrogens is 2. The van der Waals surface area contributed by atoms with Gasteiger partial charge in [0.1, 0.15) is 0 Å². The lowest BCUT2D eigenvalue weighted by molar-refractivity contribution is 0.167. The maximum atomic E-state index is 9.42. The molecule has 0 saturated heterocycles. The summed E-state index contributed by atoms with van der Waals surface area (Å²) in [5.41, 5.74) is 1.04. The molecule has 0 aliphatic heterocycles. The van der Waals surface area contributed by atoms with Crippen LogP contribution in [0.1, 0.15) is 51.8 Å². The fourth-order valence-corrected chi connectivity index (χ4v) is 1.85. The first kappa shape index (κ1) is 14.2. The Labute approximate surface area is 104 Å². The number of aliphatic hydroxyl groups excluding tert-OH is 1. The first-order chi connectivity index (χ1) is 8.21. The first-order valence-corrected chi connectivity index (χ1v) is 6.64. The zero-order valence-electron chi connectivity index (χ0n) is 11.2. The smallest absolute Gasteiger partial charge is 0.0762 e. The van der Waals surface area contributed by atoms with Gasteiger partial charge in [0.25, 0.3) is 0 Å². The molecule has 98 valence electrons. The van der Waals surface area contributed by atoms with Gasteiger partial charge in [-0.3, -0.25) is 4.68 Å².